The Bertz CT molecular complexity index is 371. The lowest BCUT2D eigenvalue weighted by Gasteiger charge is -2.48. The van der Waals surface area contributed by atoms with Gasteiger partial charge in [0.25, 0.3) is 0 Å². The lowest BCUT2D eigenvalue weighted by Crippen LogP contribution is -2.62. The Morgan fingerprint density at radius 1 is 1.56 bits per heavy atom. The highest BCUT2D eigenvalue weighted by molar-refractivity contribution is 14.1. The molecule has 0 aromatic heterocycles. The molecule has 1 unspecified atom stereocenters. The zero-order valence-corrected chi connectivity index (χ0v) is 13.0. The molecule has 2 aliphatic rings. The molecule has 2 aliphatic heterocycles. The molecule has 2 rings (SSSR count). The quantitative estimate of drug-likeness (QED) is 0.404. The minimum absolute atomic E-state index is 0.0655. The Kier molecular flexibility index (Phi) is 3.50. The van der Waals surface area contributed by atoms with Gasteiger partial charge in [-0.3, -0.25) is 4.79 Å². The molecule has 6 heteroatoms. The fourth-order valence-corrected chi connectivity index (χ4v) is 3.52. The Balaban J connectivity index is 1.93. The summed E-state index contributed by atoms with van der Waals surface area (Å²) in [7, 11) is 0. The van der Waals surface area contributed by atoms with Crippen molar-refractivity contribution >= 4 is 34.7 Å². The van der Waals surface area contributed by atoms with Crippen molar-refractivity contribution in [3.8, 4) is 0 Å². The molecule has 0 saturated carbocycles. The number of hydrogen-bond donors (Lipinski definition) is 0. The van der Waals surface area contributed by atoms with Crippen LogP contribution >= 0.6 is 22.6 Å². The van der Waals surface area contributed by atoms with E-state index in [9.17, 15) is 9.59 Å². The van der Waals surface area contributed by atoms with E-state index in [4.69, 9.17) is 9.47 Å². The molecule has 2 saturated heterocycles. The molecule has 0 aromatic rings. The molecular formula is C12H18INO4. The van der Waals surface area contributed by atoms with Gasteiger partial charge < -0.3 is 14.4 Å². The fourth-order valence-electron chi connectivity index (χ4n) is 2.41. The Morgan fingerprint density at radius 2 is 2.17 bits per heavy atom. The first-order valence-electron chi connectivity index (χ1n) is 5.99. The van der Waals surface area contributed by atoms with E-state index in [2.05, 4.69) is 22.6 Å². The topological polar surface area (TPSA) is 55.8 Å². The van der Waals surface area contributed by atoms with Crippen molar-refractivity contribution in [3.63, 3.8) is 0 Å². The third kappa shape index (κ3) is 2.57. The zero-order valence-electron chi connectivity index (χ0n) is 10.9. The molecule has 5 nitrogen and oxygen atoms in total. The molecule has 0 N–H and O–H groups in total. The minimum atomic E-state index is -0.482. The van der Waals surface area contributed by atoms with Crippen LogP contribution in [-0.2, 0) is 14.3 Å². The molecule has 2 heterocycles. The summed E-state index contributed by atoms with van der Waals surface area (Å²) in [5.41, 5.74) is -0.653. The number of nitrogens with zero attached hydrogens (tertiary/aromatic N) is 1. The van der Waals surface area contributed by atoms with Crippen molar-refractivity contribution in [2.24, 2.45) is 5.41 Å². The molecule has 18 heavy (non-hydrogen) atoms. The number of carbonyl (C=O) groups excluding carboxylic acids is 2. The molecule has 0 aromatic carbocycles. The van der Waals surface area contributed by atoms with Gasteiger partial charge in [-0.1, -0.05) is 22.6 Å². The van der Waals surface area contributed by atoms with Gasteiger partial charge in [-0.05, 0) is 20.8 Å². The molecule has 102 valence electrons. The second kappa shape index (κ2) is 4.54. The number of likely N-dealkylation sites (tertiary alicyclic amines) is 1. The van der Waals surface area contributed by atoms with Gasteiger partial charge in [-0.2, -0.15) is 0 Å². The highest BCUT2D eigenvalue weighted by Gasteiger charge is 2.57. The zero-order chi connectivity index (χ0) is 13.6. The van der Waals surface area contributed by atoms with Gasteiger partial charge >= 0.3 is 12.1 Å². The van der Waals surface area contributed by atoms with Crippen LogP contribution in [0.4, 0.5) is 4.79 Å². The van der Waals surface area contributed by atoms with E-state index in [1.807, 2.05) is 20.8 Å². The van der Waals surface area contributed by atoms with E-state index >= 15 is 0 Å². The van der Waals surface area contributed by atoms with E-state index in [1.165, 1.54) is 0 Å². The van der Waals surface area contributed by atoms with Crippen LogP contribution in [0.2, 0.25) is 0 Å². The SMILES string of the molecule is CC(C)(C)OC(=O)N1CC2(CC(=O)OC2CI)C1. The van der Waals surface area contributed by atoms with Gasteiger partial charge in [-0.25, -0.2) is 4.79 Å². The molecule has 0 bridgehead atoms. The van der Waals surface area contributed by atoms with Gasteiger partial charge in [-0.15, -0.1) is 0 Å². The number of carbonyl (C=O) groups is 2. The van der Waals surface area contributed by atoms with Crippen molar-refractivity contribution in [3.05, 3.63) is 0 Å². The molecule has 0 radical (unpaired) electrons. The lowest BCUT2D eigenvalue weighted by atomic mass is 9.74. The van der Waals surface area contributed by atoms with Crippen LogP contribution in [0, 0.1) is 5.41 Å². The molecule has 1 amide bonds. The number of cyclic esters (lactones) is 1. The monoisotopic (exact) mass is 367 g/mol. The van der Waals surface area contributed by atoms with Crippen LogP contribution in [0.25, 0.3) is 0 Å². The van der Waals surface area contributed by atoms with Crippen molar-refractivity contribution < 1.29 is 19.1 Å². The number of ether oxygens (including phenoxy) is 2. The third-order valence-electron chi connectivity index (χ3n) is 3.26. The van der Waals surface area contributed by atoms with E-state index in [0.717, 1.165) is 4.43 Å². The predicted octanol–water partition coefficient (Wildman–Crippen LogP) is 1.97. The number of amides is 1. The number of rotatable bonds is 1. The normalized spacial score (nSPS) is 25.9. The second-order valence-electron chi connectivity index (χ2n) is 6.01. The summed E-state index contributed by atoms with van der Waals surface area (Å²) in [6.07, 6.45) is 0.0453. The lowest BCUT2D eigenvalue weighted by molar-refractivity contribution is -0.141. The number of hydrogen-bond acceptors (Lipinski definition) is 4. The summed E-state index contributed by atoms with van der Waals surface area (Å²) in [4.78, 5) is 24.8. The first-order chi connectivity index (χ1) is 8.26. The van der Waals surface area contributed by atoms with Crippen LogP contribution in [0.1, 0.15) is 27.2 Å². The first kappa shape index (κ1) is 13.9. The molecule has 0 aliphatic carbocycles. The van der Waals surface area contributed by atoms with Crippen LogP contribution < -0.4 is 0 Å². The first-order valence-corrected chi connectivity index (χ1v) is 7.52. The van der Waals surface area contributed by atoms with Crippen molar-refractivity contribution in [2.75, 3.05) is 17.5 Å². The number of halogens is 1. The standard InChI is InChI=1S/C12H18INO4/c1-11(2,3)18-10(16)14-6-12(7-14)4-9(15)17-8(12)5-13/h8H,4-7H2,1-3H3. The highest BCUT2D eigenvalue weighted by atomic mass is 127. The smallest absolute Gasteiger partial charge is 0.410 e. The van der Waals surface area contributed by atoms with Gasteiger partial charge in [0, 0.05) is 17.5 Å². The van der Waals surface area contributed by atoms with Gasteiger partial charge in [0.05, 0.1) is 11.8 Å². The predicted molar refractivity (Wildman–Crippen MR) is 73.6 cm³/mol. The van der Waals surface area contributed by atoms with Crippen LogP contribution in [0.5, 0.6) is 0 Å². The van der Waals surface area contributed by atoms with Crippen LogP contribution in [-0.4, -0.2) is 46.2 Å². The number of esters is 1. The van der Waals surface area contributed by atoms with Crippen molar-refractivity contribution in [2.45, 2.75) is 38.9 Å². The maximum Gasteiger partial charge on any atom is 0.410 e. The Labute approximate surface area is 120 Å². The highest BCUT2D eigenvalue weighted by Crippen LogP contribution is 2.44. The third-order valence-corrected chi connectivity index (χ3v) is 4.06. The number of alkyl halides is 1. The Morgan fingerprint density at radius 3 is 2.67 bits per heavy atom. The average molecular weight is 367 g/mol. The van der Waals surface area contributed by atoms with E-state index < -0.39 is 5.60 Å². The Hall–Kier alpha value is -0.530. The van der Waals surface area contributed by atoms with Gasteiger partial charge in [0.15, 0.2) is 0 Å². The van der Waals surface area contributed by atoms with E-state index in [1.54, 1.807) is 4.90 Å². The van der Waals surface area contributed by atoms with E-state index in [0.29, 0.717) is 19.5 Å². The summed E-state index contributed by atoms with van der Waals surface area (Å²) in [6.45, 7) is 6.64. The summed E-state index contributed by atoms with van der Waals surface area (Å²) in [5.74, 6) is -0.152. The van der Waals surface area contributed by atoms with Crippen LogP contribution in [0.15, 0.2) is 0 Å². The van der Waals surface area contributed by atoms with Gasteiger partial charge in [0.1, 0.15) is 11.7 Å². The average Bonchev–Trinajstić information content (AvgIpc) is 2.49. The maximum atomic E-state index is 11.8. The summed E-state index contributed by atoms with van der Waals surface area (Å²) in [6, 6.07) is 0. The molecule has 2 fully saturated rings. The summed E-state index contributed by atoms with van der Waals surface area (Å²) < 4.78 is 11.3. The maximum absolute atomic E-state index is 11.8. The summed E-state index contributed by atoms with van der Waals surface area (Å²) >= 11 is 2.22. The van der Waals surface area contributed by atoms with E-state index in [-0.39, 0.29) is 23.6 Å². The summed E-state index contributed by atoms with van der Waals surface area (Å²) in [5, 5.41) is 0. The van der Waals surface area contributed by atoms with Crippen molar-refractivity contribution in [1.82, 2.24) is 4.90 Å². The molecular weight excluding hydrogens is 349 g/mol. The largest absolute Gasteiger partial charge is 0.461 e. The van der Waals surface area contributed by atoms with Crippen LogP contribution in [0.3, 0.4) is 0 Å². The van der Waals surface area contributed by atoms with Gasteiger partial charge in [0.2, 0.25) is 0 Å². The van der Waals surface area contributed by atoms with Crippen molar-refractivity contribution in [1.29, 1.82) is 0 Å². The minimum Gasteiger partial charge on any atom is -0.461 e. The molecule has 1 atom stereocenters. The fraction of sp³-hybridized carbons (Fsp3) is 0.833. The molecule has 1 spiro atoms. The second-order valence-corrected chi connectivity index (χ2v) is 6.89.